The quantitative estimate of drug-likeness (QED) is 0.860. The lowest BCUT2D eigenvalue weighted by Crippen LogP contribution is -2.33. The second kappa shape index (κ2) is 5.09. The monoisotopic (exact) mass is 285 g/mol. The average Bonchev–Trinajstić information content (AvgIpc) is 2.50. The van der Waals surface area contributed by atoms with E-state index in [1.165, 1.54) is 11.3 Å². The van der Waals surface area contributed by atoms with Crippen LogP contribution in [0.2, 0.25) is 0 Å². The molecule has 0 atom stereocenters. The summed E-state index contributed by atoms with van der Waals surface area (Å²) in [5, 5.41) is 0.473. The van der Waals surface area contributed by atoms with E-state index in [1.807, 2.05) is 23.6 Å². The van der Waals surface area contributed by atoms with E-state index in [2.05, 4.69) is 18.8 Å². The van der Waals surface area contributed by atoms with Crippen LogP contribution in [0.3, 0.4) is 0 Å². The van der Waals surface area contributed by atoms with Gasteiger partial charge in [0.25, 0.3) is 5.91 Å². The van der Waals surface area contributed by atoms with E-state index >= 15 is 0 Å². The minimum Gasteiger partial charge on any atom is -0.375 e. The zero-order chi connectivity index (χ0) is 13.3. The first-order valence-electron chi connectivity index (χ1n) is 6.05. The van der Waals surface area contributed by atoms with Crippen LogP contribution in [0.15, 0.2) is 0 Å². The Bertz CT molecular complexity index is 456. The van der Waals surface area contributed by atoms with Crippen LogP contribution in [-0.2, 0) is 0 Å². The van der Waals surface area contributed by atoms with E-state index in [4.69, 9.17) is 5.73 Å². The molecule has 1 aliphatic rings. The van der Waals surface area contributed by atoms with E-state index in [1.54, 1.807) is 0 Å². The smallest absolute Gasteiger partial charge is 0.265 e. The van der Waals surface area contributed by atoms with Crippen LogP contribution in [0.1, 0.15) is 35.6 Å². The molecule has 0 saturated carbocycles. The Morgan fingerprint density at radius 1 is 1.44 bits per heavy atom. The van der Waals surface area contributed by atoms with Gasteiger partial charge in [0, 0.05) is 23.6 Å². The lowest BCUT2D eigenvalue weighted by atomic mass is 10.1. The van der Waals surface area contributed by atoms with E-state index in [0.717, 1.165) is 31.0 Å². The highest BCUT2D eigenvalue weighted by molar-refractivity contribution is 8.00. The third-order valence-corrected chi connectivity index (χ3v) is 5.48. The molecule has 0 radical (unpaired) electrons. The molecule has 1 aliphatic heterocycles. The molecule has 1 aromatic rings. The number of thioether (sulfide) groups is 1. The largest absolute Gasteiger partial charge is 0.375 e. The summed E-state index contributed by atoms with van der Waals surface area (Å²) in [4.78, 5) is 19.2. The summed E-state index contributed by atoms with van der Waals surface area (Å²) in [5.41, 5.74) is 6.40. The van der Waals surface area contributed by atoms with E-state index in [-0.39, 0.29) is 10.7 Å². The molecule has 0 spiro atoms. The SMILES string of the molecule is Cc1nc(N)sc1C(=O)N1CCSC(C)(C)CC1. The number of amides is 1. The number of hydrogen-bond donors (Lipinski definition) is 1. The number of aromatic nitrogens is 1. The van der Waals surface area contributed by atoms with Gasteiger partial charge in [-0.2, -0.15) is 11.8 Å². The second-order valence-corrected chi connectivity index (χ2v) is 7.95. The third kappa shape index (κ3) is 2.98. The lowest BCUT2D eigenvalue weighted by molar-refractivity contribution is 0.0768. The maximum absolute atomic E-state index is 12.4. The highest BCUT2D eigenvalue weighted by Crippen LogP contribution is 2.31. The molecule has 0 aliphatic carbocycles. The summed E-state index contributed by atoms with van der Waals surface area (Å²) in [6.45, 7) is 7.94. The van der Waals surface area contributed by atoms with Crippen molar-refractivity contribution in [3.05, 3.63) is 10.6 Å². The number of nitrogen functional groups attached to an aromatic ring is 1. The van der Waals surface area contributed by atoms with Crippen molar-refractivity contribution in [1.29, 1.82) is 0 Å². The van der Waals surface area contributed by atoms with E-state index < -0.39 is 0 Å². The van der Waals surface area contributed by atoms with Gasteiger partial charge in [0.15, 0.2) is 5.13 Å². The molecule has 4 nitrogen and oxygen atoms in total. The molecule has 1 fully saturated rings. The third-order valence-electron chi connectivity index (χ3n) is 3.13. The summed E-state index contributed by atoms with van der Waals surface area (Å²) < 4.78 is 0.261. The molecule has 18 heavy (non-hydrogen) atoms. The zero-order valence-corrected chi connectivity index (χ0v) is 12.7. The fourth-order valence-corrected chi connectivity index (χ4v) is 3.88. The van der Waals surface area contributed by atoms with Crippen LogP contribution >= 0.6 is 23.1 Å². The topological polar surface area (TPSA) is 59.2 Å². The Morgan fingerprint density at radius 3 is 2.78 bits per heavy atom. The van der Waals surface area contributed by atoms with Gasteiger partial charge in [-0.25, -0.2) is 4.98 Å². The van der Waals surface area contributed by atoms with Crippen LogP contribution in [0, 0.1) is 6.92 Å². The van der Waals surface area contributed by atoms with Crippen molar-refractivity contribution in [2.45, 2.75) is 31.9 Å². The fourth-order valence-electron chi connectivity index (χ4n) is 1.98. The number of thiazole rings is 1. The summed E-state index contributed by atoms with van der Waals surface area (Å²) in [6.07, 6.45) is 1.02. The fraction of sp³-hybridized carbons (Fsp3) is 0.667. The van der Waals surface area contributed by atoms with Crippen molar-refractivity contribution < 1.29 is 4.79 Å². The van der Waals surface area contributed by atoms with Crippen LogP contribution in [0.25, 0.3) is 0 Å². The predicted molar refractivity (Wildman–Crippen MR) is 78.3 cm³/mol. The summed E-state index contributed by atoms with van der Waals surface area (Å²) in [7, 11) is 0. The number of rotatable bonds is 1. The Hall–Kier alpha value is -0.750. The Balaban J connectivity index is 2.12. The summed E-state index contributed by atoms with van der Waals surface area (Å²) >= 11 is 3.23. The van der Waals surface area contributed by atoms with Gasteiger partial charge in [0.05, 0.1) is 5.69 Å². The van der Waals surface area contributed by atoms with E-state index in [9.17, 15) is 4.79 Å². The molecule has 2 rings (SSSR count). The molecular weight excluding hydrogens is 266 g/mol. The Morgan fingerprint density at radius 2 is 2.17 bits per heavy atom. The normalized spacial score (nSPS) is 19.6. The number of nitrogens with zero attached hydrogens (tertiary/aromatic N) is 2. The van der Waals surface area contributed by atoms with Crippen LogP contribution in [0.5, 0.6) is 0 Å². The number of nitrogens with two attached hydrogens (primary N) is 1. The second-order valence-electron chi connectivity index (χ2n) is 5.12. The Kier molecular flexibility index (Phi) is 3.87. The number of carbonyl (C=O) groups excluding carboxylic acids is 1. The van der Waals surface area contributed by atoms with Crippen molar-refractivity contribution in [2.75, 3.05) is 24.6 Å². The van der Waals surface area contributed by atoms with Gasteiger partial charge in [-0.1, -0.05) is 25.2 Å². The molecule has 1 saturated heterocycles. The highest BCUT2D eigenvalue weighted by atomic mass is 32.2. The minimum atomic E-state index is 0.0833. The summed E-state index contributed by atoms with van der Waals surface area (Å²) in [5.74, 6) is 1.08. The highest BCUT2D eigenvalue weighted by Gasteiger charge is 2.28. The van der Waals surface area contributed by atoms with Gasteiger partial charge in [0.2, 0.25) is 0 Å². The number of anilines is 1. The average molecular weight is 285 g/mol. The lowest BCUT2D eigenvalue weighted by Gasteiger charge is -2.22. The van der Waals surface area contributed by atoms with E-state index in [0.29, 0.717) is 10.0 Å². The van der Waals surface area contributed by atoms with Crippen molar-refractivity contribution in [3.63, 3.8) is 0 Å². The van der Waals surface area contributed by atoms with Gasteiger partial charge in [-0.3, -0.25) is 4.79 Å². The predicted octanol–water partition coefficient (Wildman–Crippen LogP) is 2.39. The van der Waals surface area contributed by atoms with Gasteiger partial charge in [-0.05, 0) is 13.3 Å². The molecule has 2 N–H and O–H groups in total. The minimum absolute atomic E-state index is 0.0833. The van der Waals surface area contributed by atoms with Crippen molar-refractivity contribution >= 4 is 34.1 Å². The standard InChI is InChI=1S/C12H19N3OS2/c1-8-9(18-11(13)14-8)10(16)15-5-4-12(2,3)17-7-6-15/h4-7H2,1-3H3,(H2,13,14). The molecule has 100 valence electrons. The Labute approximate surface area is 116 Å². The first-order valence-corrected chi connectivity index (χ1v) is 7.85. The maximum atomic E-state index is 12.4. The van der Waals surface area contributed by atoms with Crippen molar-refractivity contribution in [1.82, 2.24) is 9.88 Å². The maximum Gasteiger partial charge on any atom is 0.265 e. The van der Waals surface area contributed by atoms with Gasteiger partial charge < -0.3 is 10.6 Å². The summed E-state index contributed by atoms with van der Waals surface area (Å²) in [6, 6.07) is 0. The molecule has 1 aromatic heterocycles. The van der Waals surface area contributed by atoms with Crippen LogP contribution < -0.4 is 5.73 Å². The molecular formula is C12H19N3OS2. The van der Waals surface area contributed by atoms with Gasteiger partial charge in [-0.15, -0.1) is 0 Å². The first kappa shape index (κ1) is 13.7. The molecule has 0 aromatic carbocycles. The zero-order valence-electron chi connectivity index (χ0n) is 11.0. The van der Waals surface area contributed by atoms with Crippen molar-refractivity contribution in [3.8, 4) is 0 Å². The van der Waals surface area contributed by atoms with Gasteiger partial charge >= 0.3 is 0 Å². The van der Waals surface area contributed by atoms with Crippen molar-refractivity contribution in [2.24, 2.45) is 0 Å². The molecule has 1 amide bonds. The van der Waals surface area contributed by atoms with Crippen LogP contribution in [-0.4, -0.2) is 39.4 Å². The number of aryl methyl sites for hydroxylation is 1. The first-order chi connectivity index (χ1) is 8.39. The van der Waals surface area contributed by atoms with Gasteiger partial charge in [0.1, 0.15) is 4.88 Å². The molecule has 0 bridgehead atoms. The molecule has 2 heterocycles. The number of carbonyl (C=O) groups is 1. The van der Waals surface area contributed by atoms with Crippen LogP contribution in [0.4, 0.5) is 5.13 Å². The molecule has 6 heteroatoms. The number of hydrogen-bond acceptors (Lipinski definition) is 5. The molecule has 0 unspecified atom stereocenters.